The normalized spacial score (nSPS) is 18.8. The maximum Gasteiger partial charge on any atom is 0.221 e. The first-order chi connectivity index (χ1) is 9.65. The molecular formula is C16H24N2OS. The van der Waals surface area contributed by atoms with Gasteiger partial charge in [0.2, 0.25) is 5.91 Å². The number of aryl methyl sites for hydroxylation is 2. The summed E-state index contributed by atoms with van der Waals surface area (Å²) in [5, 5.41) is 6.42. The van der Waals surface area contributed by atoms with Crippen LogP contribution in [0.25, 0.3) is 0 Å². The number of hydrogen-bond donors (Lipinski definition) is 2. The summed E-state index contributed by atoms with van der Waals surface area (Å²) in [6, 6.07) is 6.80. The molecule has 0 spiro atoms. The van der Waals surface area contributed by atoms with Gasteiger partial charge < -0.3 is 10.6 Å². The monoisotopic (exact) mass is 292 g/mol. The van der Waals surface area contributed by atoms with Crippen LogP contribution in [0, 0.1) is 13.8 Å². The average Bonchev–Trinajstić information content (AvgIpc) is 2.44. The lowest BCUT2D eigenvalue weighted by molar-refractivity contribution is -0.121. The van der Waals surface area contributed by atoms with Crippen molar-refractivity contribution < 1.29 is 4.79 Å². The summed E-state index contributed by atoms with van der Waals surface area (Å²) in [5.74, 6) is 1.02. The molecule has 0 saturated carbocycles. The summed E-state index contributed by atoms with van der Waals surface area (Å²) >= 11 is 1.76. The van der Waals surface area contributed by atoms with Crippen LogP contribution in [-0.2, 0) is 4.79 Å². The van der Waals surface area contributed by atoms with Crippen molar-refractivity contribution in [3.05, 3.63) is 29.3 Å². The van der Waals surface area contributed by atoms with Crippen LogP contribution in [0.15, 0.2) is 23.1 Å². The van der Waals surface area contributed by atoms with Crippen molar-refractivity contribution in [1.29, 1.82) is 0 Å². The third-order valence-electron chi connectivity index (χ3n) is 3.74. The lowest BCUT2D eigenvalue weighted by Gasteiger charge is -2.23. The van der Waals surface area contributed by atoms with Gasteiger partial charge in [-0.15, -0.1) is 11.8 Å². The van der Waals surface area contributed by atoms with Crippen molar-refractivity contribution in [3.63, 3.8) is 0 Å². The van der Waals surface area contributed by atoms with Gasteiger partial charge >= 0.3 is 0 Å². The number of carbonyl (C=O) groups is 1. The minimum atomic E-state index is 0.176. The summed E-state index contributed by atoms with van der Waals surface area (Å²) in [4.78, 5) is 13.1. The Kier molecular flexibility index (Phi) is 5.92. The Hall–Kier alpha value is -1.00. The second-order valence-electron chi connectivity index (χ2n) is 5.46. The molecule has 1 saturated heterocycles. The van der Waals surface area contributed by atoms with Crippen LogP contribution in [0.3, 0.4) is 0 Å². The molecule has 1 aromatic carbocycles. The van der Waals surface area contributed by atoms with E-state index in [2.05, 4.69) is 42.7 Å². The zero-order valence-electron chi connectivity index (χ0n) is 12.4. The number of carbonyl (C=O) groups excluding carboxylic acids is 1. The van der Waals surface area contributed by atoms with Gasteiger partial charge in [-0.2, -0.15) is 0 Å². The number of nitrogens with one attached hydrogen (secondary N) is 2. The van der Waals surface area contributed by atoms with Gasteiger partial charge in [-0.1, -0.05) is 6.07 Å². The Morgan fingerprint density at radius 3 is 2.95 bits per heavy atom. The van der Waals surface area contributed by atoms with Crippen LogP contribution in [-0.4, -0.2) is 30.8 Å². The third-order valence-corrected chi connectivity index (χ3v) is 4.73. The minimum Gasteiger partial charge on any atom is -0.352 e. The van der Waals surface area contributed by atoms with Gasteiger partial charge in [-0.3, -0.25) is 4.79 Å². The number of amides is 1. The van der Waals surface area contributed by atoms with Crippen molar-refractivity contribution >= 4 is 17.7 Å². The van der Waals surface area contributed by atoms with Gasteiger partial charge in [0, 0.05) is 29.7 Å². The van der Waals surface area contributed by atoms with E-state index in [0.717, 1.165) is 31.7 Å². The Morgan fingerprint density at radius 1 is 1.40 bits per heavy atom. The van der Waals surface area contributed by atoms with E-state index in [0.29, 0.717) is 12.5 Å². The summed E-state index contributed by atoms with van der Waals surface area (Å²) in [6.07, 6.45) is 2.85. The second-order valence-corrected chi connectivity index (χ2v) is 6.62. The van der Waals surface area contributed by atoms with Crippen molar-refractivity contribution in [1.82, 2.24) is 10.6 Å². The summed E-state index contributed by atoms with van der Waals surface area (Å²) in [7, 11) is 0. The Balaban J connectivity index is 1.69. The van der Waals surface area contributed by atoms with Gasteiger partial charge in [-0.25, -0.2) is 0 Å². The van der Waals surface area contributed by atoms with E-state index in [9.17, 15) is 4.79 Å². The average molecular weight is 292 g/mol. The van der Waals surface area contributed by atoms with E-state index in [1.807, 2.05) is 0 Å². The predicted molar refractivity (Wildman–Crippen MR) is 85.3 cm³/mol. The minimum absolute atomic E-state index is 0.176. The molecule has 110 valence electrons. The third kappa shape index (κ3) is 4.84. The first kappa shape index (κ1) is 15.4. The fraction of sp³-hybridized carbons (Fsp3) is 0.562. The topological polar surface area (TPSA) is 41.1 Å². The smallest absolute Gasteiger partial charge is 0.221 e. The van der Waals surface area contributed by atoms with Crippen LogP contribution in [0.5, 0.6) is 0 Å². The number of thioether (sulfide) groups is 1. The van der Waals surface area contributed by atoms with Crippen LogP contribution < -0.4 is 10.6 Å². The molecule has 2 rings (SSSR count). The van der Waals surface area contributed by atoms with Crippen LogP contribution in [0.2, 0.25) is 0 Å². The van der Waals surface area contributed by atoms with Crippen molar-refractivity contribution in [2.24, 2.45) is 0 Å². The molecule has 1 heterocycles. The van der Waals surface area contributed by atoms with E-state index in [1.165, 1.54) is 16.0 Å². The number of benzene rings is 1. The Morgan fingerprint density at radius 2 is 2.25 bits per heavy atom. The SMILES string of the molecule is Cc1ccc(SCCC(=O)NC2CCCNC2)cc1C. The molecule has 4 heteroatoms. The molecule has 2 N–H and O–H groups in total. The van der Waals surface area contributed by atoms with Gasteiger partial charge in [-0.05, 0) is 56.5 Å². The van der Waals surface area contributed by atoms with Crippen molar-refractivity contribution in [3.8, 4) is 0 Å². The van der Waals surface area contributed by atoms with E-state index in [-0.39, 0.29) is 5.91 Å². The molecule has 1 aliphatic heterocycles. The maximum absolute atomic E-state index is 11.9. The maximum atomic E-state index is 11.9. The highest BCUT2D eigenvalue weighted by Crippen LogP contribution is 2.21. The van der Waals surface area contributed by atoms with Gasteiger partial charge in [0.1, 0.15) is 0 Å². The molecule has 0 radical (unpaired) electrons. The highest BCUT2D eigenvalue weighted by molar-refractivity contribution is 7.99. The number of hydrogen-bond acceptors (Lipinski definition) is 3. The molecule has 1 unspecified atom stereocenters. The summed E-state index contributed by atoms with van der Waals surface area (Å²) in [6.45, 7) is 6.24. The van der Waals surface area contributed by atoms with Crippen molar-refractivity contribution in [2.45, 2.75) is 44.0 Å². The van der Waals surface area contributed by atoms with Gasteiger partial charge in [0.25, 0.3) is 0 Å². The van der Waals surface area contributed by atoms with Crippen molar-refractivity contribution in [2.75, 3.05) is 18.8 Å². The second kappa shape index (κ2) is 7.70. The highest BCUT2D eigenvalue weighted by Gasteiger charge is 2.14. The molecule has 3 nitrogen and oxygen atoms in total. The van der Waals surface area contributed by atoms with Crippen LogP contribution in [0.1, 0.15) is 30.4 Å². The summed E-state index contributed by atoms with van der Waals surface area (Å²) in [5.41, 5.74) is 2.63. The number of piperidine rings is 1. The molecule has 1 fully saturated rings. The van der Waals surface area contributed by atoms with Gasteiger partial charge in [0.15, 0.2) is 0 Å². The largest absolute Gasteiger partial charge is 0.352 e. The standard InChI is InChI=1S/C16H24N2OS/c1-12-5-6-15(10-13(12)2)20-9-7-16(19)18-14-4-3-8-17-11-14/h5-6,10,14,17H,3-4,7-9,11H2,1-2H3,(H,18,19). The molecule has 0 aromatic heterocycles. The fourth-order valence-corrected chi connectivity index (χ4v) is 3.29. The van der Waals surface area contributed by atoms with E-state index in [4.69, 9.17) is 0 Å². The Bertz CT molecular complexity index is 456. The first-order valence-corrected chi connectivity index (χ1v) is 8.34. The quantitative estimate of drug-likeness (QED) is 0.820. The van der Waals surface area contributed by atoms with E-state index < -0.39 is 0 Å². The molecule has 0 bridgehead atoms. The molecule has 1 aliphatic rings. The Labute approximate surface area is 125 Å². The summed E-state index contributed by atoms with van der Waals surface area (Å²) < 4.78 is 0. The zero-order valence-corrected chi connectivity index (χ0v) is 13.2. The molecule has 1 amide bonds. The first-order valence-electron chi connectivity index (χ1n) is 7.35. The number of rotatable bonds is 5. The van der Waals surface area contributed by atoms with Crippen LogP contribution >= 0.6 is 11.8 Å². The molecule has 20 heavy (non-hydrogen) atoms. The lowest BCUT2D eigenvalue weighted by Crippen LogP contribution is -2.45. The molecular weight excluding hydrogens is 268 g/mol. The predicted octanol–water partition coefficient (Wildman–Crippen LogP) is 2.65. The highest BCUT2D eigenvalue weighted by atomic mass is 32.2. The van der Waals surface area contributed by atoms with E-state index >= 15 is 0 Å². The zero-order chi connectivity index (χ0) is 14.4. The molecule has 1 atom stereocenters. The molecule has 1 aromatic rings. The van der Waals surface area contributed by atoms with Gasteiger partial charge in [0.05, 0.1) is 0 Å². The lowest BCUT2D eigenvalue weighted by atomic mass is 10.1. The van der Waals surface area contributed by atoms with E-state index in [1.54, 1.807) is 11.8 Å². The molecule has 0 aliphatic carbocycles. The van der Waals surface area contributed by atoms with Crippen LogP contribution in [0.4, 0.5) is 0 Å². The fourth-order valence-electron chi connectivity index (χ4n) is 2.34.